The van der Waals surface area contributed by atoms with Crippen molar-refractivity contribution in [3.05, 3.63) is 34.5 Å². The van der Waals surface area contributed by atoms with Crippen LogP contribution in [-0.4, -0.2) is 20.8 Å². The topological polar surface area (TPSA) is 73.0 Å². The average molecular weight is 276 g/mol. The summed E-state index contributed by atoms with van der Waals surface area (Å²) in [7, 11) is 1.87. The Morgan fingerprint density at radius 2 is 2.20 bits per heavy atom. The minimum absolute atomic E-state index is 0.116. The van der Waals surface area contributed by atoms with Gasteiger partial charge in [0.15, 0.2) is 0 Å². The maximum Gasteiger partial charge on any atom is 0.257 e. The number of carbonyl (C=O) groups is 1. The molecule has 0 spiro atoms. The van der Waals surface area contributed by atoms with Crippen LogP contribution in [0.5, 0.6) is 0 Å². The Balaban J connectivity index is 2.19. The van der Waals surface area contributed by atoms with Gasteiger partial charge in [-0.2, -0.15) is 5.10 Å². The molecule has 0 aliphatic rings. The molecular formula is C14H20N4O2. The molecule has 1 N–H and O–H groups in total. The Bertz CT molecular complexity index is 627. The zero-order chi connectivity index (χ0) is 14.9. The summed E-state index contributed by atoms with van der Waals surface area (Å²) in [5.74, 6) is 0.394. The van der Waals surface area contributed by atoms with E-state index in [0.717, 1.165) is 11.3 Å². The SMILES string of the molecule is CCc1noc(C)c1C(=O)NC(C)c1cn(C)nc1C. The van der Waals surface area contributed by atoms with E-state index in [0.29, 0.717) is 23.4 Å². The van der Waals surface area contributed by atoms with E-state index in [1.54, 1.807) is 11.6 Å². The molecule has 6 heteroatoms. The van der Waals surface area contributed by atoms with Crippen LogP contribution >= 0.6 is 0 Å². The first-order chi connectivity index (χ1) is 9.43. The van der Waals surface area contributed by atoms with Gasteiger partial charge in [-0.15, -0.1) is 0 Å². The molecule has 0 radical (unpaired) electrons. The largest absolute Gasteiger partial charge is 0.361 e. The molecule has 0 fully saturated rings. The summed E-state index contributed by atoms with van der Waals surface area (Å²) < 4.78 is 6.84. The van der Waals surface area contributed by atoms with E-state index in [-0.39, 0.29) is 11.9 Å². The van der Waals surface area contributed by atoms with E-state index < -0.39 is 0 Å². The summed E-state index contributed by atoms with van der Waals surface area (Å²) in [4.78, 5) is 12.4. The van der Waals surface area contributed by atoms with Crippen molar-refractivity contribution in [1.29, 1.82) is 0 Å². The quantitative estimate of drug-likeness (QED) is 0.928. The van der Waals surface area contributed by atoms with Gasteiger partial charge in [-0.1, -0.05) is 12.1 Å². The van der Waals surface area contributed by atoms with E-state index in [1.807, 2.05) is 34.0 Å². The van der Waals surface area contributed by atoms with Crippen LogP contribution in [0.15, 0.2) is 10.7 Å². The van der Waals surface area contributed by atoms with Crippen molar-refractivity contribution in [2.75, 3.05) is 0 Å². The molecule has 0 saturated heterocycles. The van der Waals surface area contributed by atoms with Gasteiger partial charge in [0.05, 0.1) is 17.4 Å². The molecular weight excluding hydrogens is 256 g/mol. The fourth-order valence-electron chi connectivity index (χ4n) is 2.34. The Labute approximate surface area is 118 Å². The minimum Gasteiger partial charge on any atom is -0.361 e. The summed E-state index contributed by atoms with van der Waals surface area (Å²) in [5, 5.41) is 11.2. The first kappa shape index (κ1) is 14.3. The maximum absolute atomic E-state index is 12.4. The first-order valence-corrected chi connectivity index (χ1v) is 6.70. The number of nitrogens with one attached hydrogen (secondary N) is 1. The molecule has 0 aromatic carbocycles. The highest BCUT2D eigenvalue weighted by Gasteiger charge is 2.22. The fourth-order valence-corrected chi connectivity index (χ4v) is 2.34. The predicted molar refractivity (Wildman–Crippen MR) is 74.4 cm³/mol. The van der Waals surface area contributed by atoms with Crippen LogP contribution in [0.1, 0.15) is 53.0 Å². The van der Waals surface area contributed by atoms with Crippen LogP contribution in [-0.2, 0) is 13.5 Å². The molecule has 6 nitrogen and oxygen atoms in total. The van der Waals surface area contributed by atoms with Crippen LogP contribution in [0.2, 0.25) is 0 Å². The molecule has 0 bridgehead atoms. The molecule has 1 unspecified atom stereocenters. The lowest BCUT2D eigenvalue weighted by molar-refractivity contribution is 0.0937. The van der Waals surface area contributed by atoms with Crippen molar-refractivity contribution in [2.24, 2.45) is 7.05 Å². The smallest absolute Gasteiger partial charge is 0.257 e. The lowest BCUT2D eigenvalue weighted by Gasteiger charge is -2.13. The van der Waals surface area contributed by atoms with Gasteiger partial charge in [0.2, 0.25) is 0 Å². The summed E-state index contributed by atoms with van der Waals surface area (Å²) in [6, 6.07) is -0.116. The summed E-state index contributed by atoms with van der Waals surface area (Å²) >= 11 is 0. The molecule has 0 aliphatic carbocycles. The van der Waals surface area contributed by atoms with Gasteiger partial charge in [-0.3, -0.25) is 9.48 Å². The average Bonchev–Trinajstić information content (AvgIpc) is 2.91. The van der Waals surface area contributed by atoms with Gasteiger partial charge in [0, 0.05) is 18.8 Å². The van der Waals surface area contributed by atoms with Crippen LogP contribution in [0, 0.1) is 13.8 Å². The Kier molecular flexibility index (Phi) is 3.92. The van der Waals surface area contributed by atoms with Gasteiger partial charge in [0.1, 0.15) is 11.3 Å². The van der Waals surface area contributed by atoms with Crippen LogP contribution in [0.25, 0.3) is 0 Å². The van der Waals surface area contributed by atoms with E-state index >= 15 is 0 Å². The molecule has 2 heterocycles. The van der Waals surface area contributed by atoms with Gasteiger partial charge < -0.3 is 9.84 Å². The van der Waals surface area contributed by atoms with Crippen LogP contribution < -0.4 is 5.32 Å². The molecule has 108 valence electrons. The monoisotopic (exact) mass is 276 g/mol. The van der Waals surface area contributed by atoms with Crippen molar-refractivity contribution >= 4 is 5.91 Å². The van der Waals surface area contributed by atoms with Crippen molar-refractivity contribution in [3.8, 4) is 0 Å². The van der Waals surface area contributed by atoms with E-state index in [2.05, 4.69) is 15.6 Å². The van der Waals surface area contributed by atoms with Gasteiger partial charge in [-0.05, 0) is 27.2 Å². The van der Waals surface area contributed by atoms with Crippen molar-refractivity contribution in [2.45, 2.75) is 40.2 Å². The van der Waals surface area contributed by atoms with Crippen molar-refractivity contribution in [3.63, 3.8) is 0 Å². The number of aryl methyl sites for hydroxylation is 4. The lowest BCUT2D eigenvalue weighted by Crippen LogP contribution is -2.27. The second kappa shape index (κ2) is 5.48. The highest BCUT2D eigenvalue weighted by atomic mass is 16.5. The Hall–Kier alpha value is -2.11. The van der Waals surface area contributed by atoms with Crippen LogP contribution in [0.4, 0.5) is 0 Å². The van der Waals surface area contributed by atoms with Crippen LogP contribution in [0.3, 0.4) is 0 Å². The molecule has 0 saturated carbocycles. The fraction of sp³-hybridized carbons (Fsp3) is 0.500. The third-order valence-corrected chi connectivity index (χ3v) is 3.36. The molecule has 1 amide bonds. The number of rotatable bonds is 4. The highest BCUT2D eigenvalue weighted by Crippen LogP contribution is 2.19. The number of amides is 1. The third kappa shape index (κ3) is 2.59. The van der Waals surface area contributed by atoms with Crippen molar-refractivity contribution < 1.29 is 9.32 Å². The van der Waals surface area contributed by atoms with E-state index in [9.17, 15) is 4.79 Å². The number of hydrogen-bond acceptors (Lipinski definition) is 4. The Morgan fingerprint density at radius 1 is 1.50 bits per heavy atom. The minimum atomic E-state index is -0.156. The van der Waals surface area contributed by atoms with Crippen molar-refractivity contribution in [1.82, 2.24) is 20.3 Å². The summed E-state index contributed by atoms with van der Waals surface area (Å²) in [6.07, 6.45) is 2.59. The summed E-state index contributed by atoms with van der Waals surface area (Å²) in [6.45, 7) is 7.57. The zero-order valence-electron chi connectivity index (χ0n) is 12.5. The van der Waals surface area contributed by atoms with Gasteiger partial charge in [-0.25, -0.2) is 0 Å². The number of hydrogen-bond donors (Lipinski definition) is 1. The van der Waals surface area contributed by atoms with Gasteiger partial charge in [0.25, 0.3) is 5.91 Å². The third-order valence-electron chi connectivity index (χ3n) is 3.36. The molecule has 0 aliphatic heterocycles. The summed E-state index contributed by atoms with van der Waals surface area (Å²) in [5.41, 5.74) is 3.15. The Morgan fingerprint density at radius 3 is 2.75 bits per heavy atom. The molecule has 1 atom stereocenters. The zero-order valence-corrected chi connectivity index (χ0v) is 12.5. The molecule has 2 rings (SSSR count). The number of carbonyl (C=O) groups excluding carboxylic acids is 1. The molecule has 20 heavy (non-hydrogen) atoms. The molecule has 2 aromatic heterocycles. The second-order valence-corrected chi connectivity index (χ2v) is 4.95. The molecule has 2 aromatic rings. The first-order valence-electron chi connectivity index (χ1n) is 6.70. The van der Waals surface area contributed by atoms with E-state index in [1.165, 1.54) is 0 Å². The number of aromatic nitrogens is 3. The maximum atomic E-state index is 12.4. The standard InChI is InChI=1S/C14H20N4O2/c1-6-12-13(10(4)20-17-12)14(19)15-8(2)11-7-18(5)16-9(11)3/h7-8H,6H2,1-5H3,(H,15,19). The number of nitrogens with zero attached hydrogens (tertiary/aromatic N) is 3. The predicted octanol–water partition coefficient (Wildman–Crippen LogP) is 2.08. The van der Waals surface area contributed by atoms with Gasteiger partial charge >= 0.3 is 0 Å². The highest BCUT2D eigenvalue weighted by molar-refractivity contribution is 5.96. The second-order valence-electron chi connectivity index (χ2n) is 4.95. The lowest BCUT2D eigenvalue weighted by atomic mass is 10.1. The van der Waals surface area contributed by atoms with E-state index in [4.69, 9.17) is 4.52 Å². The normalized spacial score (nSPS) is 12.4.